The van der Waals surface area contributed by atoms with Crippen molar-refractivity contribution in [3.63, 3.8) is 0 Å². The van der Waals surface area contributed by atoms with Gasteiger partial charge in [-0.15, -0.1) is 0 Å². The Bertz CT molecular complexity index is 750. The fourth-order valence-electron chi connectivity index (χ4n) is 6.32. The van der Waals surface area contributed by atoms with Crippen LogP contribution in [-0.4, -0.2) is 35.2 Å². The number of halogens is 1. The lowest BCUT2D eigenvalue weighted by molar-refractivity contribution is 0.0471. The summed E-state index contributed by atoms with van der Waals surface area (Å²) < 4.78 is 7.74. The van der Waals surface area contributed by atoms with Gasteiger partial charge in [-0.1, -0.05) is 6.42 Å². The van der Waals surface area contributed by atoms with Crippen LogP contribution in [0.4, 0.5) is 0 Å². The molecule has 1 aromatic carbocycles. The molecule has 1 saturated heterocycles. The maximum atomic E-state index is 10.9. The first-order valence-electron chi connectivity index (χ1n) is 11.5. The third-order valence-electron chi connectivity index (χ3n) is 7.96. The molecular weight excluding hydrogens is 414 g/mol. The minimum absolute atomic E-state index is 0.0658. The highest BCUT2D eigenvalue weighted by Gasteiger charge is 2.43. The number of hydrogen-bond acceptors (Lipinski definition) is 3. The zero-order valence-corrected chi connectivity index (χ0v) is 18.8. The first-order valence-corrected chi connectivity index (χ1v) is 12.3. The van der Waals surface area contributed by atoms with Crippen LogP contribution in [0, 0.1) is 0 Å². The van der Waals surface area contributed by atoms with E-state index in [1.165, 1.54) is 87.7 Å². The van der Waals surface area contributed by atoms with Crippen LogP contribution < -0.4 is 4.74 Å². The molecule has 154 valence electrons. The lowest BCUT2D eigenvalue weighted by Crippen LogP contribution is -2.39. The molecule has 1 saturated carbocycles. The Labute approximate surface area is 178 Å². The summed E-state index contributed by atoms with van der Waals surface area (Å²) in [6, 6.07) is 0. The fourth-order valence-corrected chi connectivity index (χ4v) is 6.92. The van der Waals surface area contributed by atoms with Crippen molar-refractivity contribution in [2.24, 2.45) is 0 Å². The van der Waals surface area contributed by atoms with Crippen molar-refractivity contribution in [3.8, 4) is 11.5 Å². The van der Waals surface area contributed by atoms with Gasteiger partial charge in [0.15, 0.2) is 0 Å². The van der Waals surface area contributed by atoms with Gasteiger partial charge < -0.3 is 14.7 Å². The fraction of sp³-hybridized carbons (Fsp3) is 0.750. The molecule has 3 nitrogen and oxygen atoms in total. The minimum atomic E-state index is -0.0658. The van der Waals surface area contributed by atoms with Gasteiger partial charge in [0.05, 0.1) is 4.47 Å². The van der Waals surface area contributed by atoms with Crippen molar-refractivity contribution in [2.75, 3.05) is 19.6 Å². The number of piperidine rings is 1. The van der Waals surface area contributed by atoms with Crippen LogP contribution in [0.1, 0.15) is 99.7 Å². The summed E-state index contributed by atoms with van der Waals surface area (Å²) in [7, 11) is 0. The van der Waals surface area contributed by atoms with Gasteiger partial charge in [-0.25, -0.2) is 0 Å². The van der Waals surface area contributed by atoms with E-state index in [1.54, 1.807) is 0 Å². The van der Waals surface area contributed by atoms with Crippen molar-refractivity contribution in [1.29, 1.82) is 0 Å². The van der Waals surface area contributed by atoms with Crippen molar-refractivity contribution >= 4 is 15.9 Å². The molecule has 0 aromatic heterocycles. The molecule has 1 N–H and O–H groups in total. The van der Waals surface area contributed by atoms with Crippen LogP contribution in [0.2, 0.25) is 0 Å². The quantitative estimate of drug-likeness (QED) is 0.590. The van der Waals surface area contributed by atoms with Gasteiger partial charge in [0.1, 0.15) is 17.1 Å². The first-order chi connectivity index (χ1) is 13.6. The van der Waals surface area contributed by atoms with Crippen LogP contribution in [0.5, 0.6) is 11.5 Å². The Kier molecular flexibility index (Phi) is 5.15. The van der Waals surface area contributed by atoms with Gasteiger partial charge in [-0.05, 0) is 119 Å². The predicted molar refractivity (Wildman–Crippen MR) is 117 cm³/mol. The molecule has 1 atom stereocenters. The highest BCUT2D eigenvalue weighted by atomic mass is 79.9. The molecule has 2 aliphatic heterocycles. The molecule has 1 unspecified atom stereocenters. The maximum Gasteiger partial charge on any atom is 0.134 e. The van der Waals surface area contributed by atoms with E-state index in [1.807, 2.05) is 0 Å². The monoisotopic (exact) mass is 447 g/mol. The van der Waals surface area contributed by atoms with Crippen LogP contribution >= 0.6 is 15.9 Å². The van der Waals surface area contributed by atoms with Gasteiger partial charge >= 0.3 is 0 Å². The molecule has 6 rings (SSSR count). The number of rotatable bonds is 4. The molecule has 1 aromatic rings. The Hall–Kier alpha value is -0.740. The number of hydrogen-bond donors (Lipinski definition) is 1. The van der Waals surface area contributed by atoms with E-state index in [0.717, 1.165) is 29.5 Å². The summed E-state index contributed by atoms with van der Waals surface area (Å²) in [5.74, 6) is 2.77. The maximum absolute atomic E-state index is 10.9. The smallest absolute Gasteiger partial charge is 0.134 e. The number of benzene rings is 1. The zero-order valence-electron chi connectivity index (χ0n) is 17.2. The minimum Gasteiger partial charge on any atom is -0.506 e. The SMILES string of the molecule is CC1(CCCN2CCCCC2)CCc2c(Br)c(O)c3c(c2O1)C1CCC3CC1. The lowest BCUT2D eigenvalue weighted by atomic mass is 9.65. The number of likely N-dealkylation sites (tertiary alicyclic amines) is 1. The summed E-state index contributed by atoms with van der Waals surface area (Å²) in [6.45, 7) is 6.10. The summed E-state index contributed by atoms with van der Waals surface area (Å²) in [5.41, 5.74) is 3.74. The Morgan fingerprint density at radius 2 is 1.75 bits per heavy atom. The predicted octanol–water partition coefficient (Wildman–Crippen LogP) is 6.26. The van der Waals surface area contributed by atoms with Gasteiger partial charge in [0.2, 0.25) is 0 Å². The number of phenols is 1. The van der Waals surface area contributed by atoms with Crippen molar-refractivity contribution in [1.82, 2.24) is 4.90 Å². The van der Waals surface area contributed by atoms with Gasteiger partial charge in [0.25, 0.3) is 0 Å². The lowest BCUT2D eigenvalue weighted by Gasteiger charge is -2.44. The highest BCUT2D eigenvalue weighted by molar-refractivity contribution is 9.10. The van der Waals surface area contributed by atoms with Gasteiger partial charge in [-0.2, -0.15) is 0 Å². The van der Waals surface area contributed by atoms with E-state index in [4.69, 9.17) is 4.74 Å². The highest BCUT2D eigenvalue weighted by Crippen LogP contribution is 2.59. The number of fused-ring (bicyclic) bond motifs is 3. The third kappa shape index (κ3) is 3.29. The second kappa shape index (κ2) is 7.50. The summed E-state index contributed by atoms with van der Waals surface area (Å²) >= 11 is 3.72. The number of nitrogens with zero attached hydrogens (tertiary/aromatic N) is 1. The summed E-state index contributed by atoms with van der Waals surface area (Å²) in [5, 5.41) is 10.9. The molecule has 28 heavy (non-hydrogen) atoms. The number of aromatic hydroxyl groups is 1. The number of phenolic OH excluding ortho intramolecular Hbond substituents is 1. The van der Waals surface area contributed by atoms with Crippen molar-refractivity contribution in [2.45, 2.75) is 95.0 Å². The second-order valence-electron chi connectivity index (χ2n) is 9.90. The summed E-state index contributed by atoms with van der Waals surface area (Å²) in [6.07, 6.45) is 13.5. The first kappa shape index (κ1) is 19.2. The third-order valence-corrected chi connectivity index (χ3v) is 8.82. The summed E-state index contributed by atoms with van der Waals surface area (Å²) in [4.78, 5) is 2.64. The van der Waals surface area contributed by atoms with Crippen LogP contribution in [0.25, 0.3) is 0 Å². The van der Waals surface area contributed by atoms with Crippen molar-refractivity contribution < 1.29 is 9.84 Å². The average molecular weight is 448 g/mol. The van der Waals surface area contributed by atoms with E-state index < -0.39 is 0 Å². The molecule has 2 fully saturated rings. The normalized spacial score (nSPS) is 31.9. The van der Waals surface area contributed by atoms with E-state index in [2.05, 4.69) is 27.8 Å². The topological polar surface area (TPSA) is 32.7 Å². The molecule has 4 heteroatoms. The zero-order chi connectivity index (χ0) is 19.3. The molecule has 5 aliphatic rings. The molecule has 0 amide bonds. The van der Waals surface area contributed by atoms with E-state index in [0.29, 0.717) is 17.6 Å². The largest absolute Gasteiger partial charge is 0.506 e. The molecule has 0 radical (unpaired) electrons. The number of ether oxygens (including phenoxy) is 1. The van der Waals surface area contributed by atoms with Crippen LogP contribution in [-0.2, 0) is 6.42 Å². The van der Waals surface area contributed by atoms with Gasteiger partial charge in [-0.3, -0.25) is 0 Å². The Balaban J connectivity index is 1.37. The van der Waals surface area contributed by atoms with Crippen molar-refractivity contribution in [3.05, 3.63) is 21.2 Å². The standard InChI is InChI=1S/C24H34BrNO2/c1-24(11-5-15-26-13-3-2-4-14-26)12-10-18-21(25)22(27)19-16-6-8-17(9-7-16)20(19)23(18)28-24/h16-17,27H,2-15H2,1H3. The Morgan fingerprint density at radius 1 is 1.07 bits per heavy atom. The van der Waals surface area contributed by atoms with E-state index >= 15 is 0 Å². The van der Waals surface area contributed by atoms with Gasteiger partial charge in [0, 0.05) is 16.7 Å². The average Bonchev–Trinajstić information content (AvgIpc) is 2.73. The molecule has 2 heterocycles. The molecule has 2 bridgehead atoms. The van der Waals surface area contributed by atoms with Crippen LogP contribution in [0.15, 0.2) is 4.47 Å². The second-order valence-corrected chi connectivity index (χ2v) is 10.7. The van der Waals surface area contributed by atoms with E-state index in [9.17, 15) is 5.11 Å². The van der Waals surface area contributed by atoms with E-state index in [-0.39, 0.29) is 5.60 Å². The Morgan fingerprint density at radius 3 is 2.46 bits per heavy atom. The molecule has 3 aliphatic carbocycles. The van der Waals surface area contributed by atoms with Crippen LogP contribution in [0.3, 0.4) is 0 Å². The molecular formula is C24H34BrNO2. The molecule has 0 spiro atoms.